The van der Waals surface area contributed by atoms with Crippen molar-refractivity contribution in [2.75, 3.05) is 20.6 Å². The second kappa shape index (κ2) is 7.43. The lowest BCUT2D eigenvalue weighted by atomic mass is 9.47. The van der Waals surface area contributed by atoms with Gasteiger partial charge in [0.05, 0.1) is 4.88 Å². The number of rotatable bonds is 2. The molecule has 1 aromatic rings. The van der Waals surface area contributed by atoms with E-state index in [2.05, 4.69) is 31.9 Å². The van der Waals surface area contributed by atoms with E-state index in [0.29, 0.717) is 16.9 Å². The molecule has 5 aliphatic rings. The number of carbonyl (C=O) groups is 1. The number of hydrogen-bond acceptors (Lipinski definition) is 3. The molecule has 0 N–H and O–H groups in total. The van der Waals surface area contributed by atoms with E-state index in [1.165, 1.54) is 45.1 Å². The molecule has 2 heterocycles. The van der Waals surface area contributed by atoms with Crippen LogP contribution >= 0.6 is 11.3 Å². The molecule has 8 atom stereocenters. The highest BCUT2D eigenvalue weighted by Crippen LogP contribution is 2.68. The minimum absolute atomic E-state index is 0.207. The zero-order valence-corrected chi connectivity index (χ0v) is 21.2. The van der Waals surface area contributed by atoms with Crippen LogP contribution in [0.3, 0.4) is 0 Å². The maximum atomic E-state index is 13.0. The van der Waals surface area contributed by atoms with Gasteiger partial charge in [-0.15, -0.1) is 11.3 Å². The van der Waals surface area contributed by atoms with Crippen molar-refractivity contribution in [3.05, 3.63) is 34.0 Å². The standard InChI is InChI=1S/C28H40N2OS/c1-18-22-9-10-24-21-8-7-19-16-20(30(4)26(31)25-6-5-15-32-25)11-13-27(19,2)23(21)12-14-28(22,24)17-29(18)3/h5-7,15,18,20-24H,8-14,16-17H2,1-4H3. The fraction of sp³-hybridized carbons (Fsp3) is 0.750. The van der Waals surface area contributed by atoms with Gasteiger partial charge in [0.1, 0.15) is 0 Å². The van der Waals surface area contributed by atoms with E-state index < -0.39 is 0 Å². The second-order valence-corrected chi connectivity index (χ2v) is 13.1. The second-order valence-electron chi connectivity index (χ2n) is 12.2. The van der Waals surface area contributed by atoms with E-state index in [1.54, 1.807) is 16.9 Å². The molecule has 4 fully saturated rings. The fourth-order valence-electron chi connectivity index (χ4n) is 9.51. The van der Waals surface area contributed by atoms with Crippen molar-refractivity contribution in [2.24, 2.45) is 34.5 Å². The molecule has 8 unspecified atom stereocenters. The third-order valence-corrected chi connectivity index (χ3v) is 12.1. The van der Waals surface area contributed by atoms with E-state index >= 15 is 0 Å². The van der Waals surface area contributed by atoms with Gasteiger partial charge in [0, 0.05) is 25.7 Å². The molecule has 0 bridgehead atoms. The van der Waals surface area contributed by atoms with E-state index in [-0.39, 0.29) is 5.91 Å². The first-order valence-corrected chi connectivity index (χ1v) is 13.9. The number of fused-ring (bicyclic) bond motifs is 4. The van der Waals surface area contributed by atoms with Crippen molar-refractivity contribution in [1.82, 2.24) is 9.80 Å². The predicted octanol–water partition coefficient (Wildman–Crippen LogP) is 6.08. The average molecular weight is 453 g/mol. The minimum atomic E-state index is 0.207. The molecule has 1 spiro atoms. The van der Waals surface area contributed by atoms with Crippen LogP contribution in [-0.2, 0) is 0 Å². The van der Waals surface area contributed by atoms with Gasteiger partial charge in [-0.05, 0) is 111 Å². The van der Waals surface area contributed by atoms with Crippen LogP contribution in [0.5, 0.6) is 0 Å². The smallest absolute Gasteiger partial charge is 0.263 e. The lowest BCUT2D eigenvalue weighted by molar-refractivity contribution is -0.0430. The zero-order valence-electron chi connectivity index (χ0n) is 20.3. The van der Waals surface area contributed by atoms with Gasteiger partial charge >= 0.3 is 0 Å². The summed E-state index contributed by atoms with van der Waals surface area (Å²) in [7, 11) is 4.40. The first kappa shape index (κ1) is 21.4. The average Bonchev–Trinajstić information content (AvgIpc) is 3.49. The minimum Gasteiger partial charge on any atom is -0.338 e. The quantitative estimate of drug-likeness (QED) is 0.508. The summed E-state index contributed by atoms with van der Waals surface area (Å²) < 4.78 is 0. The molecular weight excluding hydrogens is 412 g/mol. The van der Waals surface area contributed by atoms with Gasteiger partial charge in [0.15, 0.2) is 0 Å². The van der Waals surface area contributed by atoms with Crippen LogP contribution in [0.25, 0.3) is 0 Å². The summed E-state index contributed by atoms with van der Waals surface area (Å²) in [5.41, 5.74) is 2.66. The van der Waals surface area contributed by atoms with Crippen LogP contribution in [0, 0.1) is 34.5 Å². The van der Waals surface area contributed by atoms with Crippen molar-refractivity contribution >= 4 is 17.2 Å². The lowest BCUT2D eigenvalue weighted by Gasteiger charge is -2.58. The number of carbonyl (C=O) groups excluding carboxylic acids is 1. The van der Waals surface area contributed by atoms with Crippen LogP contribution in [0.15, 0.2) is 29.2 Å². The Morgan fingerprint density at radius 3 is 2.75 bits per heavy atom. The fourth-order valence-corrected chi connectivity index (χ4v) is 10.2. The van der Waals surface area contributed by atoms with Gasteiger partial charge in [0.2, 0.25) is 0 Å². The van der Waals surface area contributed by atoms with Crippen LogP contribution < -0.4 is 0 Å². The molecule has 0 aromatic carbocycles. The summed E-state index contributed by atoms with van der Waals surface area (Å²) in [6.45, 7) is 6.43. The number of allylic oxidation sites excluding steroid dienone is 1. The maximum absolute atomic E-state index is 13.0. The predicted molar refractivity (Wildman–Crippen MR) is 132 cm³/mol. The Labute approximate surface area is 198 Å². The number of thiophene rings is 1. The third kappa shape index (κ3) is 2.84. The summed E-state index contributed by atoms with van der Waals surface area (Å²) in [6, 6.07) is 5.08. The Kier molecular flexibility index (Phi) is 4.97. The Balaban J connectivity index is 1.23. The molecule has 0 radical (unpaired) electrons. The summed E-state index contributed by atoms with van der Waals surface area (Å²) >= 11 is 1.57. The molecule has 1 saturated heterocycles. The number of hydrogen-bond donors (Lipinski definition) is 0. The van der Waals surface area contributed by atoms with Crippen molar-refractivity contribution in [1.29, 1.82) is 0 Å². The summed E-state index contributed by atoms with van der Waals surface area (Å²) in [5.74, 6) is 3.83. The van der Waals surface area contributed by atoms with Gasteiger partial charge in [-0.1, -0.05) is 24.6 Å². The SMILES string of the molecule is CC1C2CCC3C4CC=C5CC(N(C)C(=O)c6cccs6)CCC5(C)C4CCC32CN1C. The van der Waals surface area contributed by atoms with Gasteiger partial charge in [0.25, 0.3) is 5.91 Å². The van der Waals surface area contributed by atoms with Crippen molar-refractivity contribution in [2.45, 2.75) is 77.3 Å². The van der Waals surface area contributed by atoms with Crippen molar-refractivity contribution < 1.29 is 4.79 Å². The van der Waals surface area contributed by atoms with Crippen LogP contribution in [0.4, 0.5) is 0 Å². The Bertz CT molecular complexity index is 924. The first-order chi connectivity index (χ1) is 15.3. The zero-order chi connectivity index (χ0) is 22.3. The summed E-state index contributed by atoms with van der Waals surface area (Å²) in [5, 5.41) is 2.01. The molecule has 4 aliphatic carbocycles. The molecular formula is C28H40N2OS. The molecule has 1 aromatic heterocycles. The number of likely N-dealkylation sites (tertiary alicyclic amines) is 1. The molecule has 3 nitrogen and oxygen atoms in total. The molecule has 174 valence electrons. The molecule has 1 amide bonds. The largest absolute Gasteiger partial charge is 0.338 e. The van der Waals surface area contributed by atoms with E-state index in [0.717, 1.165) is 47.4 Å². The van der Waals surface area contributed by atoms with Crippen molar-refractivity contribution in [3.8, 4) is 0 Å². The highest BCUT2D eigenvalue weighted by atomic mass is 32.1. The first-order valence-electron chi connectivity index (χ1n) is 13.1. The molecule has 3 saturated carbocycles. The van der Waals surface area contributed by atoms with Crippen LogP contribution in [0.2, 0.25) is 0 Å². The Morgan fingerprint density at radius 1 is 1.16 bits per heavy atom. The molecule has 1 aliphatic heterocycles. The maximum Gasteiger partial charge on any atom is 0.263 e. The van der Waals surface area contributed by atoms with Crippen molar-refractivity contribution in [3.63, 3.8) is 0 Å². The Hall–Kier alpha value is -1.13. The highest BCUT2D eigenvalue weighted by Gasteiger charge is 2.64. The summed E-state index contributed by atoms with van der Waals surface area (Å²) in [6.07, 6.45) is 13.3. The molecule has 32 heavy (non-hydrogen) atoms. The number of nitrogens with zero attached hydrogens (tertiary/aromatic N) is 2. The number of amides is 1. The normalized spacial score (nSPS) is 45.4. The Morgan fingerprint density at radius 2 is 1.97 bits per heavy atom. The van der Waals surface area contributed by atoms with E-state index in [1.807, 2.05) is 29.5 Å². The highest BCUT2D eigenvalue weighted by molar-refractivity contribution is 7.12. The lowest BCUT2D eigenvalue weighted by Crippen LogP contribution is -2.53. The third-order valence-electron chi connectivity index (χ3n) is 11.3. The summed E-state index contributed by atoms with van der Waals surface area (Å²) in [4.78, 5) is 18.6. The topological polar surface area (TPSA) is 23.6 Å². The van der Waals surface area contributed by atoms with E-state index in [4.69, 9.17) is 0 Å². The van der Waals surface area contributed by atoms with Gasteiger partial charge in [-0.2, -0.15) is 0 Å². The van der Waals surface area contributed by atoms with Crippen LogP contribution in [0.1, 0.15) is 74.9 Å². The molecule has 4 heteroatoms. The molecule has 6 rings (SSSR count). The van der Waals surface area contributed by atoms with Gasteiger partial charge < -0.3 is 9.80 Å². The van der Waals surface area contributed by atoms with Crippen LogP contribution in [-0.4, -0.2) is 48.4 Å². The van der Waals surface area contributed by atoms with E-state index in [9.17, 15) is 4.79 Å². The van der Waals surface area contributed by atoms with Gasteiger partial charge in [-0.25, -0.2) is 0 Å². The monoisotopic (exact) mass is 452 g/mol. The van der Waals surface area contributed by atoms with Gasteiger partial charge in [-0.3, -0.25) is 4.79 Å².